The van der Waals surface area contributed by atoms with Crippen LogP contribution in [0, 0.1) is 11.8 Å². The highest BCUT2D eigenvalue weighted by atomic mass is 79.9. The number of rotatable bonds is 9. The molecule has 0 spiro atoms. The largest absolute Gasteiger partial charge is 0.406 e. The van der Waals surface area contributed by atoms with Crippen molar-refractivity contribution in [3.8, 4) is 0 Å². The predicted molar refractivity (Wildman–Crippen MR) is 224 cm³/mol. The average molecular weight is 795 g/mol. The first kappa shape index (κ1) is 37.7. The van der Waals surface area contributed by atoms with Crippen molar-refractivity contribution in [1.29, 1.82) is 0 Å². The minimum absolute atomic E-state index is 0.114. The third-order valence-electron chi connectivity index (χ3n) is 12.6. The molecule has 0 amide bonds. The fourth-order valence-corrected chi connectivity index (χ4v) is 20.4. The van der Waals surface area contributed by atoms with Crippen LogP contribution in [0.3, 0.4) is 0 Å². The van der Waals surface area contributed by atoms with Gasteiger partial charge in [0.2, 0.25) is 0 Å². The molecule has 2 fully saturated rings. The number of aliphatic hydroxyl groups is 1. The standard InChI is InChI=1S/C45H56BrNO3Si2/c1-33-39-41(50-52(43(5,6)7,36-25-16-10-17-26-36)37-27-18-11-19-28-37)45(48)29-20-30-47-44(39,31-38(45)40(33)46)32-49-51(42(2,3)4,34-21-12-8-13-22-34)35-23-14-9-15-24-35/h8-19,21-28,38-39,41,47-48H,20,29-32H2,1-7H3/t38-,39+,41-,44-,45+/m1/s1. The van der Waals surface area contributed by atoms with Crippen molar-refractivity contribution in [2.45, 2.75) is 95.0 Å². The van der Waals surface area contributed by atoms with Crippen LogP contribution in [0.5, 0.6) is 0 Å². The van der Waals surface area contributed by atoms with E-state index < -0.39 is 33.9 Å². The molecule has 4 nitrogen and oxygen atoms in total. The Morgan fingerprint density at radius 3 is 1.56 bits per heavy atom. The molecule has 8 rings (SSSR count). The van der Waals surface area contributed by atoms with E-state index in [0.29, 0.717) is 13.0 Å². The summed E-state index contributed by atoms with van der Waals surface area (Å²) in [6.07, 6.45) is 1.89. The zero-order chi connectivity index (χ0) is 37.0. The van der Waals surface area contributed by atoms with Gasteiger partial charge in [-0.25, -0.2) is 0 Å². The van der Waals surface area contributed by atoms with Gasteiger partial charge in [0, 0.05) is 16.3 Å². The molecule has 1 saturated carbocycles. The summed E-state index contributed by atoms with van der Waals surface area (Å²) in [5.41, 5.74) is -0.203. The van der Waals surface area contributed by atoms with Crippen molar-refractivity contribution in [3.05, 3.63) is 131 Å². The van der Waals surface area contributed by atoms with E-state index >= 15 is 0 Å². The van der Waals surface area contributed by atoms with Gasteiger partial charge in [-0.05, 0) is 63.6 Å². The molecule has 1 aliphatic heterocycles. The maximum absolute atomic E-state index is 13.3. The average Bonchev–Trinajstić information content (AvgIpc) is 3.12. The molecule has 3 aliphatic carbocycles. The molecule has 1 heterocycles. The van der Waals surface area contributed by atoms with E-state index in [1.165, 1.54) is 26.3 Å². The lowest BCUT2D eigenvalue weighted by atomic mass is 9.52. The summed E-state index contributed by atoms with van der Waals surface area (Å²) in [6, 6.07) is 43.7. The first-order valence-electron chi connectivity index (χ1n) is 19.1. The summed E-state index contributed by atoms with van der Waals surface area (Å²) in [4.78, 5) is 0. The Kier molecular flexibility index (Phi) is 10.1. The van der Waals surface area contributed by atoms with Crippen LogP contribution in [0.1, 0.15) is 67.7 Å². The third kappa shape index (κ3) is 5.90. The molecule has 52 heavy (non-hydrogen) atoms. The Morgan fingerprint density at radius 2 is 1.13 bits per heavy atom. The maximum Gasteiger partial charge on any atom is 0.261 e. The molecule has 0 radical (unpaired) electrons. The maximum atomic E-state index is 13.3. The SMILES string of the molecule is CC1=C(Br)[C@H]2C[C@]3(CO[Si](c4ccccc4)(c4ccccc4)C(C)(C)C)NCCC[C@@]2(O)[C@H](O[Si](c2ccccc2)(c2ccccc2)C(C)(C)C)[C@H]13. The van der Waals surface area contributed by atoms with Crippen molar-refractivity contribution >= 4 is 53.3 Å². The Hall–Kier alpha value is -2.63. The molecule has 4 aliphatic rings. The Balaban J connectivity index is 1.41. The van der Waals surface area contributed by atoms with E-state index in [1.54, 1.807) is 0 Å². The number of hydrogen-bond acceptors (Lipinski definition) is 4. The second-order valence-corrected chi connectivity index (χ2v) is 27.0. The smallest absolute Gasteiger partial charge is 0.261 e. The number of halogens is 1. The van der Waals surface area contributed by atoms with Gasteiger partial charge in [-0.1, -0.05) is 184 Å². The number of benzene rings is 4. The highest BCUT2D eigenvalue weighted by Gasteiger charge is 2.68. The Bertz CT molecular complexity index is 1800. The molecular weight excluding hydrogens is 739 g/mol. The van der Waals surface area contributed by atoms with Crippen molar-refractivity contribution in [2.24, 2.45) is 11.8 Å². The first-order valence-corrected chi connectivity index (χ1v) is 23.7. The fourth-order valence-electron chi connectivity index (χ4n) is 10.3. The van der Waals surface area contributed by atoms with E-state index in [2.05, 4.69) is 191 Å². The third-order valence-corrected chi connectivity index (χ3v) is 23.8. The molecule has 4 aromatic carbocycles. The van der Waals surface area contributed by atoms with Crippen molar-refractivity contribution in [3.63, 3.8) is 0 Å². The lowest BCUT2D eigenvalue weighted by Crippen LogP contribution is -2.79. The summed E-state index contributed by atoms with van der Waals surface area (Å²) in [7, 11) is -5.89. The van der Waals surface area contributed by atoms with Gasteiger partial charge in [0.1, 0.15) is 0 Å². The van der Waals surface area contributed by atoms with Crippen LogP contribution in [0.4, 0.5) is 0 Å². The van der Waals surface area contributed by atoms with E-state index in [1.807, 2.05) is 0 Å². The van der Waals surface area contributed by atoms with Gasteiger partial charge < -0.3 is 19.3 Å². The quantitative estimate of drug-likeness (QED) is 0.171. The summed E-state index contributed by atoms with van der Waals surface area (Å²) in [5.74, 6) is -0.228. The summed E-state index contributed by atoms with van der Waals surface area (Å²) >= 11 is 4.08. The monoisotopic (exact) mass is 793 g/mol. The van der Waals surface area contributed by atoms with Crippen molar-refractivity contribution in [1.82, 2.24) is 5.32 Å². The van der Waals surface area contributed by atoms with Gasteiger partial charge in [0.15, 0.2) is 0 Å². The fraction of sp³-hybridized carbons (Fsp3) is 0.422. The molecule has 4 bridgehead atoms. The summed E-state index contributed by atoms with van der Waals surface area (Å²) < 4.78 is 17.0. The second kappa shape index (κ2) is 13.9. The van der Waals surface area contributed by atoms with Crippen molar-refractivity contribution < 1.29 is 14.0 Å². The predicted octanol–water partition coefficient (Wildman–Crippen LogP) is 7.68. The molecule has 5 atom stereocenters. The highest BCUT2D eigenvalue weighted by Crippen LogP contribution is 2.61. The van der Waals surface area contributed by atoms with Crippen LogP contribution in [0.15, 0.2) is 131 Å². The molecule has 2 N–H and O–H groups in total. The van der Waals surface area contributed by atoms with E-state index in [4.69, 9.17) is 8.85 Å². The van der Waals surface area contributed by atoms with Crippen molar-refractivity contribution in [2.75, 3.05) is 13.2 Å². The van der Waals surface area contributed by atoms with E-state index in [-0.39, 0.29) is 21.9 Å². The Morgan fingerprint density at radius 1 is 0.712 bits per heavy atom. The number of hydrogen-bond donors (Lipinski definition) is 2. The van der Waals surface area contributed by atoms with E-state index in [0.717, 1.165) is 23.9 Å². The van der Waals surface area contributed by atoms with Crippen LogP contribution in [-0.2, 0) is 8.85 Å². The van der Waals surface area contributed by atoms with Crippen LogP contribution in [-0.4, -0.2) is 52.1 Å². The summed E-state index contributed by atoms with van der Waals surface area (Å²) in [6.45, 7) is 17.7. The normalized spacial score (nSPS) is 26.7. The van der Waals surface area contributed by atoms with Gasteiger partial charge in [-0.2, -0.15) is 0 Å². The van der Waals surface area contributed by atoms with Gasteiger partial charge in [-0.3, -0.25) is 0 Å². The van der Waals surface area contributed by atoms with Crippen LogP contribution < -0.4 is 26.1 Å². The minimum Gasteiger partial charge on any atom is -0.406 e. The van der Waals surface area contributed by atoms with Crippen LogP contribution in [0.25, 0.3) is 0 Å². The molecule has 4 aromatic rings. The van der Waals surface area contributed by atoms with E-state index in [9.17, 15) is 5.11 Å². The lowest BCUT2D eigenvalue weighted by molar-refractivity contribution is -0.185. The molecule has 0 unspecified atom stereocenters. The first-order chi connectivity index (χ1) is 24.7. The van der Waals surface area contributed by atoms with Gasteiger partial charge in [0.05, 0.1) is 23.9 Å². The second-order valence-electron chi connectivity index (χ2n) is 17.6. The van der Waals surface area contributed by atoms with Gasteiger partial charge in [-0.15, -0.1) is 0 Å². The highest BCUT2D eigenvalue weighted by molar-refractivity contribution is 9.11. The zero-order valence-corrected chi connectivity index (χ0v) is 35.5. The molecule has 7 heteroatoms. The van der Waals surface area contributed by atoms with Gasteiger partial charge in [0.25, 0.3) is 16.6 Å². The minimum atomic E-state index is -3.03. The molecule has 0 aromatic heterocycles. The lowest BCUT2D eigenvalue weighted by Gasteiger charge is -2.65. The summed E-state index contributed by atoms with van der Waals surface area (Å²) in [5, 5.41) is 22.1. The van der Waals surface area contributed by atoms with Crippen LogP contribution >= 0.6 is 15.9 Å². The van der Waals surface area contributed by atoms with Gasteiger partial charge >= 0.3 is 0 Å². The molecule has 274 valence electrons. The van der Waals surface area contributed by atoms with Crippen LogP contribution in [0.2, 0.25) is 10.1 Å². The molecular formula is C45H56BrNO3Si2. The molecule has 1 saturated heterocycles. The topological polar surface area (TPSA) is 50.7 Å². The number of nitrogens with one attached hydrogen (secondary N) is 1. The Labute approximate surface area is 322 Å². The zero-order valence-electron chi connectivity index (χ0n) is 32.0.